The zero-order chi connectivity index (χ0) is 32.4. The lowest BCUT2D eigenvalue weighted by Gasteiger charge is -2.26. The third-order valence-electron chi connectivity index (χ3n) is 10.5. The molecule has 2 N–H and O–H groups in total. The van der Waals surface area contributed by atoms with Gasteiger partial charge in [0.2, 0.25) is 0 Å². The number of rotatable bonds is 2. The number of nitrogens with one attached hydrogen (secondary N) is 2. The van der Waals surface area contributed by atoms with Crippen molar-refractivity contribution in [2.75, 3.05) is 0 Å². The highest BCUT2D eigenvalue weighted by atomic mass is 15.1. The number of nitrogens with zero attached hydrogens (tertiary/aromatic N) is 4. The normalized spacial score (nSPS) is 15.0. The molecule has 232 valence electrons. The van der Waals surface area contributed by atoms with Gasteiger partial charge in [0.05, 0.1) is 33.3 Å². The first kappa shape index (κ1) is 27.3. The molecule has 5 heterocycles. The van der Waals surface area contributed by atoms with Gasteiger partial charge in [-0.3, -0.25) is 9.13 Å². The molecule has 0 saturated carbocycles. The van der Waals surface area contributed by atoms with E-state index in [2.05, 4.69) is 168 Å². The summed E-state index contributed by atoms with van der Waals surface area (Å²) in [5.74, 6) is 1.91. The predicted molar refractivity (Wildman–Crippen MR) is 196 cm³/mol. The van der Waals surface area contributed by atoms with Crippen LogP contribution in [-0.4, -0.2) is 29.1 Å². The van der Waals surface area contributed by atoms with Gasteiger partial charge in [0.15, 0.2) is 0 Å². The Labute approximate surface area is 277 Å². The predicted octanol–water partition coefficient (Wildman–Crippen LogP) is 9.96. The van der Waals surface area contributed by atoms with Crippen molar-refractivity contribution in [1.29, 1.82) is 0 Å². The molecule has 1 aliphatic heterocycles. The Bertz CT molecular complexity index is 2530. The maximum Gasteiger partial charge on any atom is 0.126 e. The van der Waals surface area contributed by atoms with Crippen molar-refractivity contribution in [3.05, 3.63) is 144 Å². The van der Waals surface area contributed by atoms with Crippen molar-refractivity contribution in [2.45, 2.75) is 38.5 Å². The van der Waals surface area contributed by atoms with Crippen LogP contribution in [0.4, 0.5) is 0 Å². The van der Waals surface area contributed by atoms with Crippen molar-refractivity contribution >= 4 is 43.6 Å². The number of imidazole rings is 2. The number of para-hydroxylation sites is 2. The van der Waals surface area contributed by atoms with Gasteiger partial charge in [-0.05, 0) is 64.1 Å². The fraction of sp³-hybridized carbons (Fsp3) is 0.143. The van der Waals surface area contributed by atoms with E-state index in [-0.39, 0.29) is 0 Å². The average Bonchev–Trinajstić information content (AvgIpc) is 3.89. The lowest BCUT2D eigenvalue weighted by molar-refractivity contribution is 0.570. The lowest BCUT2D eigenvalue weighted by atomic mass is 9.86. The minimum atomic E-state index is -0.515. The van der Waals surface area contributed by atoms with E-state index >= 15 is 0 Å². The Kier molecular flexibility index (Phi) is 5.31. The van der Waals surface area contributed by atoms with Gasteiger partial charge in [0, 0.05) is 44.3 Å². The van der Waals surface area contributed by atoms with Gasteiger partial charge in [-0.25, -0.2) is 9.97 Å². The maximum atomic E-state index is 5.59. The standard InChI is InChI=1S/C42H34N6/c1-41(2)37-29-21-13-11-19-27(29)33(43-37)34-28-20-12-14-22-30(28)38(44-34)42(3,4)40-46-36-32(48(40)26-17-9-6-10-18-26)24-23-31-35(36)45-39(41)47(31)25-15-7-5-8-16-25/h5-24,43-44H,1-4H3. The summed E-state index contributed by atoms with van der Waals surface area (Å²) in [6.07, 6.45) is 0. The molecule has 0 spiro atoms. The van der Waals surface area contributed by atoms with Crippen LogP contribution in [0.1, 0.15) is 50.7 Å². The summed E-state index contributed by atoms with van der Waals surface area (Å²) in [6.45, 7) is 9.14. The van der Waals surface area contributed by atoms with E-state index in [0.29, 0.717) is 0 Å². The van der Waals surface area contributed by atoms with Gasteiger partial charge < -0.3 is 9.97 Å². The average molecular weight is 623 g/mol. The van der Waals surface area contributed by atoms with Crippen LogP contribution in [0.5, 0.6) is 0 Å². The summed E-state index contributed by atoms with van der Waals surface area (Å²) in [5, 5.41) is 4.76. The quantitative estimate of drug-likeness (QED) is 0.202. The van der Waals surface area contributed by atoms with Gasteiger partial charge in [-0.15, -0.1) is 0 Å². The van der Waals surface area contributed by atoms with Crippen molar-refractivity contribution in [3.63, 3.8) is 0 Å². The first-order valence-corrected chi connectivity index (χ1v) is 16.6. The molecule has 4 aromatic heterocycles. The van der Waals surface area contributed by atoms with Gasteiger partial charge in [0.1, 0.15) is 22.7 Å². The van der Waals surface area contributed by atoms with Gasteiger partial charge in [-0.1, -0.05) is 84.9 Å². The van der Waals surface area contributed by atoms with E-state index in [1.807, 2.05) is 0 Å². The van der Waals surface area contributed by atoms with Crippen LogP contribution >= 0.6 is 0 Å². The van der Waals surface area contributed by atoms with Crippen molar-refractivity contribution < 1.29 is 0 Å². The monoisotopic (exact) mass is 622 g/mol. The molecule has 8 bridgehead atoms. The van der Waals surface area contributed by atoms with E-state index < -0.39 is 10.8 Å². The number of hydrogen-bond acceptors (Lipinski definition) is 2. The lowest BCUT2D eigenvalue weighted by Crippen LogP contribution is -2.25. The van der Waals surface area contributed by atoms with Crippen LogP contribution in [0.25, 0.3) is 66.4 Å². The number of H-pyrrole nitrogens is 2. The molecule has 0 amide bonds. The van der Waals surface area contributed by atoms with Crippen molar-refractivity contribution in [3.8, 4) is 22.8 Å². The number of benzene rings is 5. The van der Waals surface area contributed by atoms with Crippen molar-refractivity contribution in [1.82, 2.24) is 29.1 Å². The highest BCUT2D eigenvalue weighted by molar-refractivity contribution is 6.07. The van der Waals surface area contributed by atoms with Gasteiger partial charge in [-0.2, -0.15) is 0 Å². The Morgan fingerprint density at radius 1 is 0.438 bits per heavy atom. The van der Waals surface area contributed by atoms with E-state index in [0.717, 1.165) is 67.9 Å². The van der Waals surface area contributed by atoms with E-state index in [9.17, 15) is 0 Å². The smallest absolute Gasteiger partial charge is 0.126 e. The number of aromatic amines is 2. The summed E-state index contributed by atoms with van der Waals surface area (Å²) in [4.78, 5) is 19.2. The Hall–Kier alpha value is -5.88. The Morgan fingerprint density at radius 2 is 0.792 bits per heavy atom. The molecule has 5 aromatic carbocycles. The van der Waals surface area contributed by atoms with Gasteiger partial charge in [0.25, 0.3) is 0 Å². The third kappa shape index (κ3) is 3.46. The second-order valence-corrected chi connectivity index (χ2v) is 14.1. The van der Waals surface area contributed by atoms with Crippen LogP contribution in [0.3, 0.4) is 0 Å². The molecule has 0 saturated heterocycles. The SMILES string of the molecule is CC1(C)c2[nH]c(c3ccccc23)-c2[nH]c(c3ccccc23)C(C)(C)c2nc3c4nc1n(-c1ccccc1)c4ccc3n2-c1ccccc1. The topological polar surface area (TPSA) is 67.2 Å². The maximum absolute atomic E-state index is 5.59. The molecule has 0 aliphatic carbocycles. The third-order valence-corrected chi connectivity index (χ3v) is 10.5. The molecule has 0 atom stereocenters. The van der Waals surface area contributed by atoms with E-state index in [4.69, 9.17) is 9.97 Å². The molecule has 0 fully saturated rings. The molecule has 48 heavy (non-hydrogen) atoms. The first-order valence-electron chi connectivity index (χ1n) is 16.6. The Morgan fingerprint density at radius 3 is 1.19 bits per heavy atom. The highest BCUT2D eigenvalue weighted by Crippen LogP contribution is 2.47. The summed E-state index contributed by atoms with van der Waals surface area (Å²) >= 11 is 0. The summed E-state index contributed by atoms with van der Waals surface area (Å²) in [6, 6.07) is 43.1. The minimum Gasteiger partial charge on any atom is -0.355 e. The highest BCUT2D eigenvalue weighted by Gasteiger charge is 2.38. The van der Waals surface area contributed by atoms with Crippen LogP contribution < -0.4 is 0 Å². The van der Waals surface area contributed by atoms with Gasteiger partial charge >= 0.3 is 0 Å². The molecule has 10 rings (SSSR count). The zero-order valence-corrected chi connectivity index (χ0v) is 27.3. The largest absolute Gasteiger partial charge is 0.355 e. The molecule has 9 aromatic rings. The molecular weight excluding hydrogens is 589 g/mol. The Balaban J connectivity index is 1.45. The van der Waals surface area contributed by atoms with Crippen molar-refractivity contribution in [2.24, 2.45) is 0 Å². The van der Waals surface area contributed by atoms with Crippen LogP contribution in [0.15, 0.2) is 121 Å². The molecule has 0 radical (unpaired) electrons. The molecule has 6 nitrogen and oxygen atoms in total. The molecular formula is C42H34N6. The van der Waals surface area contributed by atoms with Crippen LogP contribution in [0, 0.1) is 0 Å². The fourth-order valence-electron chi connectivity index (χ4n) is 8.16. The second kappa shape index (κ2) is 9.35. The number of fused-ring (bicyclic) bond motifs is 13. The van der Waals surface area contributed by atoms with Crippen LogP contribution in [0.2, 0.25) is 0 Å². The second-order valence-electron chi connectivity index (χ2n) is 14.1. The van der Waals surface area contributed by atoms with E-state index in [1.165, 1.54) is 21.5 Å². The first-order chi connectivity index (χ1) is 23.3. The van der Waals surface area contributed by atoms with E-state index in [1.54, 1.807) is 0 Å². The summed E-state index contributed by atoms with van der Waals surface area (Å²) in [5.41, 5.74) is 9.42. The fourth-order valence-corrected chi connectivity index (χ4v) is 8.16. The number of aromatic nitrogens is 6. The van der Waals surface area contributed by atoms with Crippen LogP contribution in [-0.2, 0) is 10.8 Å². The summed E-state index contributed by atoms with van der Waals surface area (Å²) in [7, 11) is 0. The molecule has 1 aliphatic rings. The minimum absolute atomic E-state index is 0.515. The summed E-state index contributed by atoms with van der Waals surface area (Å²) < 4.78 is 4.66. The molecule has 0 unspecified atom stereocenters. The molecule has 6 heteroatoms. The number of hydrogen-bond donors (Lipinski definition) is 2. The zero-order valence-electron chi connectivity index (χ0n) is 27.3.